The van der Waals surface area contributed by atoms with Crippen LogP contribution in [-0.4, -0.2) is 64.0 Å². The van der Waals surface area contributed by atoms with E-state index in [1.165, 1.54) is 11.8 Å². The lowest BCUT2D eigenvalue weighted by atomic mass is 9.72. The van der Waals surface area contributed by atoms with E-state index >= 15 is 0 Å². The number of rotatable bonds is 4. The second kappa shape index (κ2) is 8.66. The van der Waals surface area contributed by atoms with Crippen molar-refractivity contribution in [1.29, 1.82) is 0 Å². The van der Waals surface area contributed by atoms with Crippen LogP contribution < -0.4 is 22.1 Å². The van der Waals surface area contributed by atoms with Gasteiger partial charge in [0, 0.05) is 47.4 Å². The first-order chi connectivity index (χ1) is 17.0. The van der Waals surface area contributed by atoms with Crippen LogP contribution >= 0.6 is 23.4 Å². The summed E-state index contributed by atoms with van der Waals surface area (Å²) in [6.07, 6.45) is 9.00. The van der Waals surface area contributed by atoms with Crippen molar-refractivity contribution < 1.29 is 4.74 Å². The number of halogens is 1. The van der Waals surface area contributed by atoms with Crippen molar-refractivity contribution in [1.82, 2.24) is 19.4 Å². The molecule has 0 radical (unpaired) electrons. The topological polar surface area (TPSA) is 146 Å². The quantitative estimate of drug-likeness (QED) is 0.479. The number of ether oxygens (including phenoxy) is 1. The normalized spacial score (nSPS) is 21.9. The second-order valence-corrected chi connectivity index (χ2v) is 10.6. The minimum Gasteiger partial charge on any atom is -0.400 e. The van der Waals surface area contributed by atoms with E-state index in [4.69, 9.17) is 43.5 Å². The van der Waals surface area contributed by atoms with Crippen LogP contribution in [0.4, 0.5) is 11.6 Å². The van der Waals surface area contributed by atoms with Crippen molar-refractivity contribution in [3.63, 3.8) is 0 Å². The van der Waals surface area contributed by atoms with Gasteiger partial charge in [-0.05, 0) is 18.9 Å². The lowest BCUT2D eigenvalue weighted by Gasteiger charge is -2.42. The summed E-state index contributed by atoms with van der Waals surface area (Å²) in [6.45, 7) is 3.38. The van der Waals surface area contributed by atoms with Crippen LogP contribution in [0.1, 0.15) is 12.8 Å². The fourth-order valence-electron chi connectivity index (χ4n) is 5.16. The molecule has 3 aromatic heterocycles. The number of anilines is 2. The molecule has 0 amide bonds. The van der Waals surface area contributed by atoms with Gasteiger partial charge in [0.05, 0.1) is 42.4 Å². The molecule has 6 heterocycles. The third-order valence-electron chi connectivity index (χ3n) is 7.28. The number of aromatic nitrogens is 4. The van der Waals surface area contributed by atoms with Crippen LogP contribution in [0, 0.1) is 5.41 Å². The molecule has 3 aromatic rings. The summed E-state index contributed by atoms with van der Waals surface area (Å²) < 4.78 is 7.52. The summed E-state index contributed by atoms with van der Waals surface area (Å²) in [6, 6.07) is 1.71. The van der Waals surface area contributed by atoms with Gasteiger partial charge in [-0.2, -0.15) is 0 Å². The van der Waals surface area contributed by atoms with E-state index in [9.17, 15) is 0 Å². The highest BCUT2D eigenvalue weighted by Gasteiger charge is 2.47. The molecule has 1 saturated heterocycles. The molecule has 1 spiro atoms. The average molecular weight is 512 g/mol. The van der Waals surface area contributed by atoms with Gasteiger partial charge < -0.3 is 26.8 Å². The molecule has 1 unspecified atom stereocenters. The third kappa shape index (κ3) is 3.74. The second-order valence-electron chi connectivity index (χ2n) is 9.20. The van der Waals surface area contributed by atoms with Gasteiger partial charge in [-0.15, -0.1) is 0 Å². The Bertz CT molecular complexity index is 1360. The zero-order chi connectivity index (χ0) is 24.2. The lowest BCUT2D eigenvalue weighted by molar-refractivity contribution is 0.205. The average Bonchev–Trinajstić information content (AvgIpc) is 3.59. The first-order valence-corrected chi connectivity index (χ1v) is 12.7. The molecule has 0 aliphatic carbocycles. The summed E-state index contributed by atoms with van der Waals surface area (Å²) >= 11 is 7.83. The Hall–Kier alpha value is -2.86. The molecule has 0 aromatic carbocycles. The fraction of sp³-hybridized carbons (Fsp3) is 0.391. The van der Waals surface area contributed by atoms with Crippen molar-refractivity contribution in [2.45, 2.75) is 28.8 Å². The Morgan fingerprint density at radius 1 is 1.14 bits per heavy atom. The molecule has 1 atom stereocenters. The molecule has 182 valence electrons. The number of pyridine rings is 1. The van der Waals surface area contributed by atoms with Gasteiger partial charge in [-0.3, -0.25) is 9.39 Å². The van der Waals surface area contributed by atoms with Crippen molar-refractivity contribution in [3.8, 4) is 0 Å². The van der Waals surface area contributed by atoms with Crippen LogP contribution in [0.2, 0.25) is 5.02 Å². The Kier molecular flexibility index (Phi) is 5.59. The van der Waals surface area contributed by atoms with E-state index < -0.39 is 0 Å². The molecule has 1 fully saturated rings. The summed E-state index contributed by atoms with van der Waals surface area (Å²) in [5, 5.41) is 1.33. The maximum absolute atomic E-state index is 6.75. The van der Waals surface area contributed by atoms with Gasteiger partial charge in [0.15, 0.2) is 5.82 Å². The van der Waals surface area contributed by atoms with Gasteiger partial charge in [-0.25, -0.2) is 15.0 Å². The number of nitrogen functional groups attached to an aromatic ring is 1. The van der Waals surface area contributed by atoms with Crippen molar-refractivity contribution in [2.24, 2.45) is 21.9 Å². The largest absolute Gasteiger partial charge is 0.400 e. The number of hydrogen-bond acceptors (Lipinski definition) is 10. The minimum absolute atomic E-state index is 0.0496. The van der Waals surface area contributed by atoms with Gasteiger partial charge in [0.1, 0.15) is 22.7 Å². The number of hydrogen-bond donors (Lipinski definition) is 3. The van der Waals surface area contributed by atoms with E-state index in [1.807, 2.05) is 22.9 Å². The Morgan fingerprint density at radius 2 is 1.97 bits per heavy atom. The number of imidazole rings is 1. The monoisotopic (exact) mass is 511 g/mol. The highest BCUT2D eigenvalue weighted by molar-refractivity contribution is 7.99. The Morgan fingerprint density at radius 3 is 2.74 bits per heavy atom. The predicted molar refractivity (Wildman–Crippen MR) is 137 cm³/mol. The zero-order valence-corrected chi connectivity index (χ0v) is 20.6. The van der Waals surface area contributed by atoms with Gasteiger partial charge in [-0.1, -0.05) is 23.4 Å². The van der Waals surface area contributed by atoms with Crippen molar-refractivity contribution in [2.75, 3.05) is 43.5 Å². The number of fused-ring (bicyclic) bond motifs is 1. The number of piperidine rings is 1. The van der Waals surface area contributed by atoms with Crippen molar-refractivity contribution in [3.05, 3.63) is 47.3 Å². The van der Waals surface area contributed by atoms with Gasteiger partial charge in [0.25, 0.3) is 0 Å². The molecule has 6 rings (SSSR count). The lowest BCUT2D eigenvalue weighted by Crippen LogP contribution is -2.52. The molecule has 10 nitrogen and oxygen atoms in total. The minimum atomic E-state index is -0.126. The van der Waals surface area contributed by atoms with Gasteiger partial charge in [0.2, 0.25) is 0 Å². The number of aliphatic imine (C=N–C) groups is 1. The first kappa shape index (κ1) is 22.6. The highest BCUT2D eigenvalue weighted by atomic mass is 35.5. The Balaban J connectivity index is 1.21. The van der Waals surface area contributed by atoms with E-state index in [0.29, 0.717) is 24.1 Å². The number of nitrogens with zero attached hydrogens (tertiary/aromatic N) is 6. The summed E-state index contributed by atoms with van der Waals surface area (Å²) in [4.78, 5) is 21.2. The molecule has 12 heteroatoms. The zero-order valence-electron chi connectivity index (χ0n) is 19.0. The molecule has 0 bridgehead atoms. The van der Waals surface area contributed by atoms with E-state index in [1.54, 1.807) is 12.5 Å². The smallest absolute Gasteiger partial charge is 0.154 e. The fourth-order valence-corrected chi connectivity index (χ4v) is 6.28. The standard InChI is InChI=1S/C23H26ClN9OS/c24-18-16(1-4-29-21(18)27)35-17-8-30-22(15-7-28-12-33(15)17)32-5-2-23(3-6-32)11-31-19(20(23)26)13-9-34-10-14(13)25/h1,4,7-8,12,20H,2-3,5-6,9-11,25-26H2,(H2,27,29). The van der Waals surface area contributed by atoms with Gasteiger partial charge >= 0.3 is 0 Å². The Labute approximate surface area is 211 Å². The molecule has 35 heavy (non-hydrogen) atoms. The SMILES string of the molecule is NC1=C(C2=NCC3(CCN(c4ncc(Sc5ccnc(N)c5Cl)n5cncc45)CC3)C2N)COC1. The molecule has 3 aliphatic heterocycles. The van der Waals surface area contributed by atoms with Crippen LogP contribution in [0.25, 0.3) is 5.52 Å². The predicted octanol–water partition coefficient (Wildman–Crippen LogP) is 2.12. The van der Waals surface area contributed by atoms with Crippen LogP contribution in [0.15, 0.2) is 57.2 Å². The molecular formula is C23H26ClN9OS. The van der Waals surface area contributed by atoms with Crippen LogP contribution in [0.3, 0.4) is 0 Å². The summed E-state index contributed by atoms with van der Waals surface area (Å²) in [7, 11) is 0. The molecule has 0 saturated carbocycles. The summed E-state index contributed by atoms with van der Waals surface area (Å²) in [5.41, 5.74) is 22.3. The summed E-state index contributed by atoms with van der Waals surface area (Å²) in [5.74, 6) is 1.22. The number of nitrogens with two attached hydrogens (primary N) is 3. The first-order valence-electron chi connectivity index (χ1n) is 11.5. The molecular weight excluding hydrogens is 486 g/mol. The maximum atomic E-state index is 6.75. The maximum Gasteiger partial charge on any atom is 0.154 e. The highest BCUT2D eigenvalue weighted by Crippen LogP contribution is 2.42. The molecule has 6 N–H and O–H groups in total. The van der Waals surface area contributed by atoms with Crippen LogP contribution in [-0.2, 0) is 4.74 Å². The van der Waals surface area contributed by atoms with Crippen molar-refractivity contribution >= 4 is 46.2 Å². The van der Waals surface area contributed by atoms with E-state index in [2.05, 4.69) is 14.9 Å². The molecule has 3 aliphatic rings. The third-order valence-corrected chi connectivity index (χ3v) is 8.86. The van der Waals surface area contributed by atoms with Crippen LogP contribution in [0.5, 0.6) is 0 Å². The van der Waals surface area contributed by atoms with E-state index in [-0.39, 0.29) is 11.5 Å². The van der Waals surface area contributed by atoms with E-state index in [0.717, 1.165) is 70.7 Å².